The minimum absolute atomic E-state index is 0.00474. The van der Waals surface area contributed by atoms with Crippen molar-refractivity contribution in [3.05, 3.63) is 34.9 Å². The number of rotatable bonds is 3. The zero-order valence-corrected chi connectivity index (χ0v) is 12.9. The molecule has 0 aromatic heterocycles. The maximum absolute atomic E-state index is 12.4. The maximum atomic E-state index is 12.4. The Balaban J connectivity index is 2.24. The van der Waals surface area contributed by atoms with Crippen LogP contribution in [0.3, 0.4) is 0 Å². The fourth-order valence-corrected chi connectivity index (χ4v) is 2.66. The number of halogens is 1. The summed E-state index contributed by atoms with van der Waals surface area (Å²) in [6, 6.07) is 5.09. The number of benzene rings is 1. The number of amides is 1. The van der Waals surface area contributed by atoms with Gasteiger partial charge in [-0.25, -0.2) is 4.79 Å². The Morgan fingerprint density at radius 2 is 2.05 bits per heavy atom. The molecule has 1 aromatic rings. The number of hydrogen-bond donors (Lipinski definition) is 1. The highest BCUT2D eigenvalue weighted by Crippen LogP contribution is 2.18. The van der Waals surface area contributed by atoms with Crippen LogP contribution in [-0.2, 0) is 10.1 Å². The Morgan fingerprint density at radius 3 is 2.65 bits per heavy atom. The molecule has 0 spiro atoms. The van der Waals surface area contributed by atoms with Crippen molar-refractivity contribution in [1.29, 1.82) is 0 Å². The first-order valence-corrected chi connectivity index (χ1v) is 7.56. The lowest BCUT2D eigenvalue weighted by atomic mass is 10.0. The number of methoxy groups -OCH3 is 1. The van der Waals surface area contributed by atoms with E-state index < -0.39 is 0 Å². The molecule has 0 unspecified atom stereocenters. The van der Waals surface area contributed by atoms with Gasteiger partial charge in [0.1, 0.15) is 0 Å². The van der Waals surface area contributed by atoms with E-state index in [-0.39, 0.29) is 11.9 Å². The Bertz CT molecular complexity index is 513. The number of esters is 1. The van der Waals surface area contributed by atoms with Gasteiger partial charge in [0.15, 0.2) is 0 Å². The molecule has 1 aromatic carbocycles. The van der Waals surface area contributed by atoms with E-state index >= 15 is 0 Å². The summed E-state index contributed by atoms with van der Waals surface area (Å²) in [4.78, 5) is 25.8. The van der Waals surface area contributed by atoms with Crippen molar-refractivity contribution >= 4 is 27.8 Å². The highest BCUT2D eigenvalue weighted by molar-refractivity contribution is 9.08. The number of nitrogens with zero attached hydrogens (tertiary/aromatic N) is 1. The summed E-state index contributed by atoms with van der Waals surface area (Å²) in [5, 5.41) is 3.71. The molecule has 6 heteroatoms. The van der Waals surface area contributed by atoms with Gasteiger partial charge in [-0.2, -0.15) is 0 Å². The van der Waals surface area contributed by atoms with Gasteiger partial charge < -0.3 is 15.0 Å². The predicted molar refractivity (Wildman–Crippen MR) is 79.2 cm³/mol. The van der Waals surface area contributed by atoms with E-state index in [2.05, 4.69) is 21.2 Å². The fourth-order valence-electron chi connectivity index (χ4n) is 2.20. The Hall–Kier alpha value is -1.40. The molecule has 0 aliphatic carbocycles. The topological polar surface area (TPSA) is 58.6 Å². The highest BCUT2D eigenvalue weighted by Gasteiger charge is 2.20. The minimum Gasteiger partial charge on any atom is -0.465 e. The van der Waals surface area contributed by atoms with Crippen LogP contribution >= 0.6 is 15.9 Å². The zero-order valence-electron chi connectivity index (χ0n) is 11.3. The average molecular weight is 341 g/mol. The lowest BCUT2D eigenvalue weighted by Gasteiger charge is -2.27. The summed E-state index contributed by atoms with van der Waals surface area (Å²) in [6.45, 7) is 3.05. The third-order valence-corrected chi connectivity index (χ3v) is 3.91. The second kappa shape index (κ2) is 6.85. The summed E-state index contributed by atoms with van der Waals surface area (Å²) >= 11 is 3.34. The smallest absolute Gasteiger partial charge is 0.338 e. The quantitative estimate of drug-likeness (QED) is 0.667. The van der Waals surface area contributed by atoms with Gasteiger partial charge in [-0.3, -0.25) is 4.79 Å². The van der Waals surface area contributed by atoms with Crippen molar-refractivity contribution in [1.82, 2.24) is 10.2 Å². The third-order valence-electron chi connectivity index (χ3n) is 3.31. The Morgan fingerprint density at radius 1 is 1.35 bits per heavy atom. The monoisotopic (exact) mass is 340 g/mol. The number of carbonyl (C=O) groups is 2. The predicted octanol–water partition coefficient (Wildman–Crippen LogP) is 1.41. The number of alkyl halides is 1. The molecule has 5 nitrogen and oxygen atoms in total. The second-order valence-corrected chi connectivity index (χ2v) is 5.10. The van der Waals surface area contributed by atoms with Crippen LogP contribution < -0.4 is 5.32 Å². The van der Waals surface area contributed by atoms with Gasteiger partial charge in [-0.1, -0.05) is 15.9 Å². The molecule has 1 amide bonds. The van der Waals surface area contributed by atoms with Crippen LogP contribution in [0, 0.1) is 0 Å². The van der Waals surface area contributed by atoms with Crippen LogP contribution in [0.2, 0.25) is 0 Å². The molecule has 1 N–H and O–H groups in total. The van der Waals surface area contributed by atoms with E-state index in [1.165, 1.54) is 7.11 Å². The van der Waals surface area contributed by atoms with Crippen molar-refractivity contribution < 1.29 is 14.3 Å². The van der Waals surface area contributed by atoms with Crippen LogP contribution in [0.5, 0.6) is 0 Å². The van der Waals surface area contributed by atoms with Gasteiger partial charge in [0.05, 0.1) is 12.7 Å². The summed E-state index contributed by atoms with van der Waals surface area (Å²) in [6.07, 6.45) is 0. The molecule has 0 saturated carbocycles. The molecule has 2 rings (SSSR count). The summed E-state index contributed by atoms with van der Waals surface area (Å²) in [7, 11) is 1.35. The number of hydrogen-bond acceptors (Lipinski definition) is 4. The molecule has 1 aliphatic heterocycles. The fraction of sp³-hybridized carbons (Fsp3) is 0.429. The molecule has 0 bridgehead atoms. The first-order chi connectivity index (χ1) is 9.67. The molecule has 108 valence electrons. The summed E-state index contributed by atoms with van der Waals surface area (Å²) in [5.74, 6) is -0.384. The van der Waals surface area contributed by atoms with E-state index in [9.17, 15) is 9.59 Å². The highest BCUT2D eigenvalue weighted by atomic mass is 79.9. The van der Waals surface area contributed by atoms with Crippen LogP contribution in [0.15, 0.2) is 18.2 Å². The van der Waals surface area contributed by atoms with Crippen LogP contribution in [0.1, 0.15) is 26.3 Å². The molecule has 1 heterocycles. The number of carbonyl (C=O) groups excluding carboxylic acids is 2. The Kier molecular flexibility index (Phi) is 5.14. The number of nitrogens with one attached hydrogen (secondary N) is 1. The standard InChI is InChI=1S/C14H17BrN2O3/c1-20-14(19)12-3-2-10(8-11(12)9-15)13(18)17-6-4-16-5-7-17/h2-3,8,16H,4-7,9H2,1H3. The molecule has 0 radical (unpaired) electrons. The average Bonchev–Trinajstić information content (AvgIpc) is 2.53. The first kappa shape index (κ1) is 15.0. The van der Waals surface area contributed by atoms with Gasteiger partial charge in [0.2, 0.25) is 0 Å². The van der Waals surface area contributed by atoms with Gasteiger partial charge >= 0.3 is 5.97 Å². The molecule has 1 fully saturated rings. The van der Waals surface area contributed by atoms with E-state index in [1.54, 1.807) is 18.2 Å². The maximum Gasteiger partial charge on any atom is 0.338 e. The molecule has 0 atom stereocenters. The normalized spacial score (nSPS) is 15.0. The second-order valence-electron chi connectivity index (χ2n) is 4.54. The lowest BCUT2D eigenvalue weighted by molar-refractivity contribution is 0.0598. The van der Waals surface area contributed by atoms with Crippen LogP contribution in [0.4, 0.5) is 0 Å². The van der Waals surface area contributed by atoms with E-state index in [0.717, 1.165) is 18.7 Å². The molecule has 1 aliphatic rings. The first-order valence-electron chi connectivity index (χ1n) is 6.44. The third kappa shape index (κ3) is 3.19. The van der Waals surface area contributed by atoms with E-state index in [1.807, 2.05) is 4.90 Å². The van der Waals surface area contributed by atoms with Gasteiger partial charge in [-0.15, -0.1) is 0 Å². The Labute approximate surface area is 126 Å². The van der Waals surface area contributed by atoms with Crippen molar-refractivity contribution in [2.45, 2.75) is 5.33 Å². The van der Waals surface area contributed by atoms with Gasteiger partial charge in [0, 0.05) is 37.1 Å². The van der Waals surface area contributed by atoms with Crippen LogP contribution in [-0.4, -0.2) is 50.1 Å². The van der Waals surface area contributed by atoms with Crippen molar-refractivity contribution in [3.8, 4) is 0 Å². The number of piperazine rings is 1. The lowest BCUT2D eigenvalue weighted by Crippen LogP contribution is -2.46. The van der Waals surface area contributed by atoms with Gasteiger partial charge in [0.25, 0.3) is 5.91 Å². The van der Waals surface area contributed by atoms with E-state index in [4.69, 9.17) is 4.74 Å². The molecule has 20 heavy (non-hydrogen) atoms. The number of ether oxygens (including phenoxy) is 1. The summed E-state index contributed by atoms with van der Waals surface area (Å²) < 4.78 is 4.73. The minimum atomic E-state index is -0.388. The van der Waals surface area contributed by atoms with Crippen molar-refractivity contribution in [2.75, 3.05) is 33.3 Å². The SMILES string of the molecule is COC(=O)c1ccc(C(=O)N2CCNCC2)cc1CBr. The summed E-state index contributed by atoms with van der Waals surface area (Å²) in [5.41, 5.74) is 1.85. The molecular weight excluding hydrogens is 324 g/mol. The van der Waals surface area contributed by atoms with E-state index in [0.29, 0.717) is 29.5 Å². The van der Waals surface area contributed by atoms with Crippen molar-refractivity contribution in [3.63, 3.8) is 0 Å². The molecule has 1 saturated heterocycles. The van der Waals surface area contributed by atoms with Crippen molar-refractivity contribution in [2.24, 2.45) is 0 Å². The zero-order chi connectivity index (χ0) is 14.5. The largest absolute Gasteiger partial charge is 0.465 e. The molecular formula is C14H17BrN2O3. The van der Waals surface area contributed by atoms with Gasteiger partial charge in [-0.05, 0) is 23.8 Å². The van der Waals surface area contributed by atoms with Crippen LogP contribution in [0.25, 0.3) is 0 Å².